The number of hydrogen-bond acceptors (Lipinski definition) is 5. The number of pyridine rings is 2. The van der Waals surface area contributed by atoms with Gasteiger partial charge in [0.15, 0.2) is 17.3 Å². The van der Waals surface area contributed by atoms with Crippen LogP contribution in [0.15, 0.2) is 36.7 Å². The van der Waals surface area contributed by atoms with Crippen LogP contribution < -0.4 is 10.2 Å². The van der Waals surface area contributed by atoms with Crippen molar-refractivity contribution >= 4 is 22.4 Å². The first-order valence-electron chi connectivity index (χ1n) is 8.28. The maximum Gasteiger partial charge on any atom is 0.160 e. The minimum absolute atomic E-state index is 0.232. The van der Waals surface area contributed by atoms with Crippen molar-refractivity contribution in [2.24, 2.45) is 0 Å². The van der Waals surface area contributed by atoms with Gasteiger partial charge in [-0.2, -0.15) is 5.10 Å². The minimum atomic E-state index is -0.408. The Morgan fingerprint density at radius 2 is 2.12 bits per heavy atom. The molecule has 0 saturated heterocycles. The molecule has 0 spiro atoms. The summed E-state index contributed by atoms with van der Waals surface area (Å²) in [6.45, 7) is 5.66. The van der Waals surface area contributed by atoms with E-state index in [1.165, 1.54) is 6.07 Å². The summed E-state index contributed by atoms with van der Waals surface area (Å²) in [4.78, 5) is 10.8. The number of hydrogen-bond donors (Lipinski definition) is 2. The molecule has 3 heterocycles. The smallest absolute Gasteiger partial charge is 0.160 e. The zero-order chi connectivity index (χ0) is 17.8. The van der Waals surface area contributed by atoms with E-state index in [1.54, 1.807) is 19.4 Å². The third-order valence-corrected chi connectivity index (χ3v) is 4.03. The van der Waals surface area contributed by atoms with Crippen LogP contribution in [0.25, 0.3) is 16.6 Å². The molecule has 0 fully saturated rings. The van der Waals surface area contributed by atoms with Crippen LogP contribution in [0.3, 0.4) is 0 Å². The first-order chi connectivity index (χ1) is 12.2. The highest BCUT2D eigenvalue weighted by Crippen LogP contribution is 2.28. The summed E-state index contributed by atoms with van der Waals surface area (Å²) in [7, 11) is 1.76. The zero-order valence-electron chi connectivity index (χ0n) is 14.5. The molecule has 7 heteroatoms. The molecule has 0 unspecified atom stereocenters. The van der Waals surface area contributed by atoms with E-state index in [2.05, 4.69) is 30.4 Å². The van der Waals surface area contributed by atoms with Gasteiger partial charge < -0.3 is 10.2 Å². The van der Waals surface area contributed by atoms with Crippen molar-refractivity contribution in [2.75, 3.05) is 25.0 Å². The van der Waals surface area contributed by atoms with Crippen LogP contribution in [-0.4, -0.2) is 40.3 Å². The predicted molar refractivity (Wildman–Crippen MR) is 97.8 cm³/mol. The van der Waals surface area contributed by atoms with E-state index in [9.17, 15) is 4.39 Å². The SMILES string of the molecule is CCN(CC)c1n[nH]c2nc(C(=CNC)c3ccccn3)c(F)cc12. The van der Waals surface area contributed by atoms with E-state index >= 15 is 0 Å². The molecule has 0 aliphatic rings. The number of rotatable bonds is 6. The van der Waals surface area contributed by atoms with Crippen molar-refractivity contribution in [1.82, 2.24) is 25.5 Å². The summed E-state index contributed by atoms with van der Waals surface area (Å²) < 4.78 is 14.9. The first-order valence-corrected chi connectivity index (χ1v) is 8.28. The molecule has 2 N–H and O–H groups in total. The number of fused-ring (bicyclic) bond motifs is 1. The van der Waals surface area contributed by atoms with Gasteiger partial charge in [0.2, 0.25) is 0 Å². The summed E-state index contributed by atoms with van der Waals surface area (Å²) in [6, 6.07) is 6.99. The zero-order valence-corrected chi connectivity index (χ0v) is 14.5. The van der Waals surface area contributed by atoms with Crippen LogP contribution in [-0.2, 0) is 0 Å². The monoisotopic (exact) mass is 340 g/mol. The van der Waals surface area contributed by atoms with Crippen molar-refractivity contribution in [3.05, 3.63) is 53.9 Å². The highest BCUT2D eigenvalue weighted by molar-refractivity contribution is 5.90. The highest BCUT2D eigenvalue weighted by atomic mass is 19.1. The van der Waals surface area contributed by atoms with Crippen molar-refractivity contribution in [1.29, 1.82) is 0 Å². The molecular formula is C18H21FN6. The second-order valence-electron chi connectivity index (χ2n) is 5.50. The molecule has 0 aliphatic carbocycles. The standard InChI is InChI=1S/C18H21FN6/c1-4-25(5-2)18-12-10-14(19)16(22-17(12)23-24-18)13(11-20-3)15-8-6-7-9-21-15/h6-11,20H,4-5H2,1-3H3,(H,22,23,24). The van der Waals surface area contributed by atoms with Gasteiger partial charge in [0.1, 0.15) is 5.69 Å². The molecule has 3 aromatic heterocycles. The number of aromatic amines is 1. The lowest BCUT2D eigenvalue weighted by Gasteiger charge is -2.18. The van der Waals surface area contributed by atoms with E-state index < -0.39 is 5.82 Å². The van der Waals surface area contributed by atoms with Gasteiger partial charge in [-0.1, -0.05) is 6.07 Å². The fourth-order valence-electron chi connectivity index (χ4n) is 2.79. The van der Waals surface area contributed by atoms with Crippen LogP contribution in [0.5, 0.6) is 0 Å². The average Bonchev–Trinajstić information content (AvgIpc) is 3.04. The van der Waals surface area contributed by atoms with Crippen molar-refractivity contribution in [3.8, 4) is 0 Å². The lowest BCUT2D eigenvalue weighted by Crippen LogP contribution is -2.22. The van der Waals surface area contributed by atoms with Gasteiger partial charge >= 0.3 is 0 Å². The molecule has 0 radical (unpaired) electrons. The molecule has 0 aliphatic heterocycles. The summed E-state index contributed by atoms with van der Waals surface area (Å²) in [5.74, 6) is 0.310. The molecule has 6 nitrogen and oxygen atoms in total. The lowest BCUT2D eigenvalue weighted by atomic mass is 10.1. The Balaban J connectivity index is 2.14. The highest BCUT2D eigenvalue weighted by Gasteiger charge is 2.19. The predicted octanol–water partition coefficient (Wildman–Crippen LogP) is 2.95. The van der Waals surface area contributed by atoms with Crippen LogP contribution in [0.1, 0.15) is 25.2 Å². The van der Waals surface area contributed by atoms with Gasteiger partial charge in [-0.25, -0.2) is 9.37 Å². The van der Waals surface area contributed by atoms with Crippen LogP contribution in [0, 0.1) is 5.82 Å². The van der Waals surface area contributed by atoms with Gasteiger partial charge in [0.05, 0.1) is 11.1 Å². The van der Waals surface area contributed by atoms with Crippen molar-refractivity contribution in [3.63, 3.8) is 0 Å². The van der Waals surface area contributed by atoms with Crippen molar-refractivity contribution < 1.29 is 4.39 Å². The first kappa shape index (κ1) is 16.9. The van der Waals surface area contributed by atoms with Crippen LogP contribution in [0.4, 0.5) is 10.2 Å². The Morgan fingerprint density at radius 3 is 2.76 bits per heavy atom. The molecule has 0 saturated carbocycles. The fourth-order valence-corrected chi connectivity index (χ4v) is 2.79. The summed E-state index contributed by atoms with van der Waals surface area (Å²) >= 11 is 0. The number of anilines is 1. The average molecular weight is 340 g/mol. The molecule has 3 rings (SSSR count). The van der Waals surface area contributed by atoms with E-state index in [1.807, 2.05) is 32.0 Å². The Kier molecular flexibility index (Phi) is 4.92. The summed E-state index contributed by atoms with van der Waals surface area (Å²) in [6.07, 6.45) is 3.37. The van der Waals surface area contributed by atoms with E-state index in [0.717, 1.165) is 18.9 Å². The number of nitrogens with zero attached hydrogens (tertiary/aromatic N) is 4. The largest absolute Gasteiger partial charge is 0.393 e. The topological polar surface area (TPSA) is 69.7 Å². The number of halogens is 1. The summed E-state index contributed by atoms with van der Waals surface area (Å²) in [5.41, 5.74) is 2.01. The Labute approximate surface area is 145 Å². The molecule has 0 aromatic carbocycles. The van der Waals surface area contributed by atoms with E-state index in [4.69, 9.17) is 0 Å². The van der Waals surface area contributed by atoms with Gasteiger partial charge in [0.25, 0.3) is 0 Å². The third kappa shape index (κ3) is 3.17. The third-order valence-electron chi connectivity index (χ3n) is 4.03. The molecule has 0 amide bonds. The summed E-state index contributed by atoms with van der Waals surface area (Å²) in [5, 5.41) is 10.8. The maximum atomic E-state index is 14.9. The molecule has 3 aromatic rings. The molecular weight excluding hydrogens is 319 g/mol. The van der Waals surface area contributed by atoms with Crippen LogP contribution in [0.2, 0.25) is 0 Å². The van der Waals surface area contributed by atoms with Crippen molar-refractivity contribution in [2.45, 2.75) is 13.8 Å². The fraction of sp³-hybridized carbons (Fsp3) is 0.278. The number of aromatic nitrogens is 4. The van der Waals surface area contributed by atoms with Gasteiger partial charge in [0, 0.05) is 38.1 Å². The normalized spacial score (nSPS) is 11.8. The Morgan fingerprint density at radius 1 is 1.32 bits per heavy atom. The number of nitrogens with one attached hydrogen (secondary N) is 2. The molecule has 25 heavy (non-hydrogen) atoms. The Bertz CT molecular complexity index is 883. The van der Waals surface area contributed by atoms with Gasteiger partial charge in [-0.3, -0.25) is 10.1 Å². The quantitative estimate of drug-likeness (QED) is 0.722. The minimum Gasteiger partial charge on any atom is -0.393 e. The number of H-pyrrole nitrogens is 1. The van der Waals surface area contributed by atoms with E-state index in [0.29, 0.717) is 22.3 Å². The second-order valence-corrected chi connectivity index (χ2v) is 5.50. The van der Waals surface area contributed by atoms with E-state index in [-0.39, 0.29) is 5.69 Å². The lowest BCUT2D eigenvalue weighted by molar-refractivity contribution is 0.619. The molecule has 0 atom stereocenters. The van der Waals surface area contributed by atoms with Gasteiger partial charge in [-0.15, -0.1) is 0 Å². The van der Waals surface area contributed by atoms with Gasteiger partial charge in [-0.05, 0) is 32.0 Å². The Hall–Kier alpha value is -2.96. The maximum absolute atomic E-state index is 14.9. The van der Waals surface area contributed by atoms with Crippen LogP contribution >= 0.6 is 0 Å². The molecule has 0 bridgehead atoms. The second kappa shape index (κ2) is 7.29. The molecule has 130 valence electrons.